The molecular formula is C15H19NO3. The van der Waals surface area contributed by atoms with Gasteiger partial charge in [0.25, 0.3) is 0 Å². The van der Waals surface area contributed by atoms with E-state index in [1.54, 1.807) is 13.2 Å². The van der Waals surface area contributed by atoms with E-state index < -0.39 is 5.97 Å². The SMILES string of the molecule is COC1CCCN(c2ccc(/C=C/C(=O)O)cc2)C1. The van der Waals surface area contributed by atoms with Crippen molar-refractivity contribution in [1.29, 1.82) is 0 Å². The second-order valence-corrected chi connectivity index (χ2v) is 4.71. The number of hydrogen-bond acceptors (Lipinski definition) is 3. The van der Waals surface area contributed by atoms with E-state index in [2.05, 4.69) is 4.90 Å². The second-order valence-electron chi connectivity index (χ2n) is 4.71. The monoisotopic (exact) mass is 261 g/mol. The third-order valence-electron chi connectivity index (χ3n) is 3.39. The molecule has 1 fully saturated rings. The number of benzene rings is 1. The number of piperidine rings is 1. The normalized spacial score (nSPS) is 19.8. The van der Waals surface area contributed by atoms with Gasteiger partial charge >= 0.3 is 5.97 Å². The van der Waals surface area contributed by atoms with Crippen molar-refractivity contribution in [1.82, 2.24) is 0 Å². The van der Waals surface area contributed by atoms with E-state index in [9.17, 15) is 4.79 Å². The van der Waals surface area contributed by atoms with Gasteiger partial charge in [0.15, 0.2) is 0 Å². The first-order valence-corrected chi connectivity index (χ1v) is 6.48. The van der Waals surface area contributed by atoms with Crippen molar-refractivity contribution in [3.05, 3.63) is 35.9 Å². The Morgan fingerprint density at radius 2 is 2.16 bits per heavy atom. The lowest BCUT2D eigenvalue weighted by Crippen LogP contribution is -2.39. The second kappa shape index (κ2) is 6.38. The molecule has 0 amide bonds. The molecule has 102 valence electrons. The van der Waals surface area contributed by atoms with Crippen LogP contribution in [0.2, 0.25) is 0 Å². The fourth-order valence-electron chi connectivity index (χ4n) is 2.33. The Hall–Kier alpha value is -1.81. The van der Waals surface area contributed by atoms with Crippen LogP contribution >= 0.6 is 0 Å². The maximum Gasteiger partial charge on any atom is 0.328 e. The Kier molecular flexibility index (Phi) is 4.58. The number of carboxylic acids is 1. The van der Waals surface area contributed by atoms with E-state index in [4.69, 9.17) is 9.84 Å². The average molecular weight is 261 g/mol. The lowest BCUT2D eigenvalue weighted by molar-refractivity contribution is -0.131. The minimum Gasteiger partial charge on any atom is -0.478 e. The number of methoxy groups -OCH3 is 1. The molecule has 1 aromatic rings. The summed E-state index contributed by atoms with van der Waals surface area (Å²) in [6.07, 6.45) is 5.31. The van der Waals surface area contributed by atoms with Crippen LogP contribution < -0.4 is 4.90 Å². The Labute approximate surface area is 113 Å². The van der Waals surface area contributed by atoms with Crippen molar-refractivity contribution in [2.45, 2.75) is 18.9 Å². The maximum absolute atomic E-state index is 10.4. The van der Waals surface area contributed by atoms with Gasteiger partial charge in [-0.25, -0.2) is 4.79 Å². The highest BCUT2D eigenvalue weighted by Gasteiger charge is 2.19. The molecule has 2 rings (SSSR count). The summed E-state index contributed by atoms with van der Waals surface area (Å²) >= 11 is 0. The van der Waals surface area contributed by atoms with E-state index >= 15 is 0 Å². The van der Waals surface area contributed by atoms with Gasteiger partial charge in [-0.3, -0.25) is 0 Å². The number of carbonyl (C=O) groups is 1. The molecule has 19 heavy (non-hydrogen) atoms. The molecule has 4 nitrogen and oxygen atoms in total. The Balaban J connectivity index is 2.03. The Morgan fingerprint density at radius 3 is 2.79 bits per heavy atom. The third-order valence-corrected chi connectivity index (χ3v) is 3.39. The van der Waals surface area contributed by atoms with Crippen LogP contribution in [0.4, 0.5) is 5.69 Å². The molecule has 1 saturated heterocycles. The van der Waals surface area contributed by atoms with Gasteiger partial charge < -0.3 is 14.7 Å². The van der Waals surface area contributed by atoms with Crippen LogP contribution in [0, 0.1) is 0 Å². The first kappa shape index (κ1) is 13.6. The van der Waals surface area contributed by atoms with Gasteiger partial charge in [-0.1, -0.05) is 12.1 Å². The van der Waals surface area contributed by atoms with E-state index in [1.807, 2.05) is 24.3 Å². The molecule has 0 aliphatic carbocycles. The van der Waals surface area contributed by atoms with Gasteiger partial charge in [-0.15, -0.1) is 0 Å². The first-order valence-electron chi connectivity index (χ1n) is 6.48. The zero-order valence-corrected chi connectivity index (χ0v) is 11.1. The van der Waals surface area contributed by atoms with Gasteiger partial charge in [-0.2, -0.15) is 0 Å². The summed E-state index contributed by atoms with van der Waals surface area (Å²) in [7, 11) is 1.76. The predicted octanol–water partition coefficient (Wildman–Crippen LogP) is 2.40. The van der Waals surface area contributed by atoms with Crippen LogP contribution in [-0.4, -0.2) is 37.4 Å². The quantitative estimate of drug-likeness (QED) is 0.846. The molecule has 4 heteroatoms. The van der Waals surface area contributed by atoms with Crippen LogP contribution in [0.25, 0.3) is 6.08 Å². The highest BCUT2D eigenvalue weighted by atomic mass is 16.5. The van der Waals surface area contributed by atoms with Crippen molar-refractivity contribution >= 4 is 17.7 Å². The fourth-order valence-corrected chi connectivity index (χ4v) is 2.33. The molecule has 0 spiro atoms. The number of aliphatic carboxylic acids is 1. The minimum atomic E-state index is -0.928. The molecule has 1 atom stereocenters. The van der Waals surface area contributed by atoms with Gasteiger partial charge in [0.2, 0.25) is 0 Å². The number of anilines is 1. The van der Waals surface area contributed by atoms with E-state index in [0.717, 1.165) is 43.3 Å². The standard InChI is InChI=1S/C15H19NO3/c1-19-14-3-2-10-16(11-14)13-7-4-12(5-8-13)6-9-15(17)18/h4-9,14H,2-3,10-11H2,1H3,(H,17,18)/b9-6+. The largest absolute Gasteiger partial charge is 0.478 e. The number of nitrogens with zero attached hydrogens (tertiary/aromatic N) is 1. The van der Waals surface area contributed by atoms with Gasteiger partial charge in [0.1, 0.15) is 0 Å². The van der Waals surface area contributed by atoms with Crippen LogP contribution in [0.3, 0.4) is 0 Å². The highest BCUT2D eigenvalue weighted by Crippen LogP contribution is 2.21. The average Bonchev–Trinajstić information content (AvgIpc) is 2.45. The zero-order valence-electron chi connectivity index (χ0n) is 11.1. The lowest BCUT2D eigenvalue weighted by atomic mass is 10.1. The zero-order chi connectivity index (χ0) is 13.7. The minimum absolute atomic E-state index is 0.306. The van der Waals surface area contributed by atoms with E-state index in [0.29, 0.717) is 6.10 Å². The number of ether oxygens (including phenoxy) is 1. The first-order chi connectivity index (χ1) is 9.19. The molecule has 1 aromatic carbocycles. The molecule has 1 N–H and O–H groups in total. The summed E-state index contributed by atoms with van der Waals surface area (Å²) in [5.74, 6) is -0.928. The summed E-state index contributed by atoms with van der Waals surface area (Å²) in [4.78, 5) is 12.8. The van der Waals surface area contributed by atoms with Crippen LogP contribution in [-0.2, 0) is 9.53 Å². The molecule has 1 heterocycles. The number of rotatable bonds is 4. The highest BCUT2D eigenvalue weighted by molar-refractivity contribution is 5.85. The lowest BCUT2D eigenvalue weighted by Gasteiger charge is -2.33. The molecular weight excluding hydrogens is 242 g/mol. The third kappa shape index (κ3) is 3.83. The van der Waals surface area contributed by atoms with Crippen molar-refractivity contribution < 1.29 is 14.6 Å². The van der Waals surface area contributed by atoms with Gasteiger partial charge in [0.05, 0.1) is 6.10 Å². The Morgan fingerprint density at radius 1 is 1.42 bits per heavy atom. The van der Waals surface area contributed by atoms with Gasteiger partial charge in [-0.05, 0) is 36.6 Å². The molecule has 1 unspecified atom stereocenters. The van der Waals surface area contributed by atoms with Crippen molar-refractivity contribution in [3.63, 3.8) is 0 Å². The summed E-state index contributed by atoms with van der Waals surface area (Å²) in [5, 5.41) is 8.58. The van der Waals surface area contributed by atoms with E-state index in [1.165, 1.54) is 0 Å². The summed E-state index contributed by atoms with van der Waals surface area (Å²) in [6.45, 7) is 1.96. The van der Waals surface area contributed by atoms with Crippen molar-refractivity contribution in [2.75, 3.05) is 25.1 Å². The Bertz CT molecular complexity index is 453. The topological polar surface area (TPSA) is 49.8 Å². The van der Waals surface area contributed by atoms with Gasteiger partial charge in [0, 0.05) is 32.0 Å². The molecule has 1 aliphatic heterocycles. The smallest absolute Gasteiger partial charge is 0.328 e. The van der Waals surface area contributed by atoms with Crippen molar-refractivity contribution in [3.8, 4) is 0 Å². The molecule has 0 aromatic heterocycles. The number of hydrogen-bond donors (Lipinski definition) is 1. The molecule has 0 bridgehead atoms. The fraction of sp³-hybridized carbons (Fsp3) is 0.400. The summed E-state index contributed by atoms with van der Waals surface area (Å²) in [5.41, 5.74) is 2.06. The maximum atomic E-state index is 10.4. The van der Waals surface area contributed by atoms with Crippen LogP contribution in [0.15, 0.2) is 30.3 Å². The molecule has 0 saturated carbocycles. The van der Waals surface area contributed by atoms with Crippen LogP contribution in [0.5, 0.6) is 0 Å². The summed E-state index contributed by atoms with van der Waals surface area (Å²) in [6, 6.07) is 7.93. The molecule has 0 radical (unpaired) electrons. The number of carboxylic acid groups (broad SMARTS) is 1. The predicted molar refractivity (Wildman–Crippen MR) is 75.4 cm³/mol. The molecule has 1 aliphatic rings. The van der Waals surface area contributed by atoms with E-state index in [-0.39, 0.29) is 0 Å². The summed E-state index contributed by atoms with van der Waals surface area (Å²) < 4.78 is 5.41. The van der Waals surface area contributed by atoms with Crippen LogP contribution in [0.1, 0.15) is 18.4 Å². The van der Waals surface area contributed by atoms with Crippen molar-refractivity contribution in [2.24, 2.45) is 0 Å².